The number of nitrogens with one attached hydrogen (secondary N) is 3. The lowest BCUT2D eigenvalue weighted by atomic mass is 10.3. The molecule has 3 rings (SSSR count). The molecule has 0 aliphatic carbocycles. The normalized spacial score (nSPS) is 11.7. The minimum absolute atomic E-state index is 0.131. The summed E-state index contributed by atoms with van der Waals surface area (Å²) in [5.74, 6) is 0.307. The van der Waals surface area contributed by atoms with Crippen molar-refractivity contribution in [1.82, 2.24) is 25.2 Å². The molecule has 2 heterocycles. The second-order valence-corrected chi connectivity index (χ2v) is 5.45. The highest BCUT2D eigenvalue weighted by Gasteiger charge is 2.15. The number of urea groups is 1. The number of carbonyl (C=O) groups excluding carboxylic acids is 2. The van der Waals surface area contributed by atoms with Gasteiger partial charge in [-0.05, 0) is 31.2 Å². The standard InChI is InChI=1S/C17H18N6O2/c1-12(16-22-21-14-9-5-6-10-23(14)16)19-17(25)18-11-15(24)20-13-7-3-2-4-8-13/h2-10,12H,11H2,1H3,(H,20,24)(H2,18,19,25)/t12-/m0/s1. The number of pyridine rings is 1. The van der Waals surface area contributed by atoms with Crippen molar-refractivity contribution in [3.63, 3.8) is 0 Å². The number of anilines is 1. The summed E-state index contributed by atoms with van der Waals surface area (Å²) in [4.78, 5) is 23.8. The smallest absolute Gasteiger partial charge is 0.315 e. The lowest BCUT2D eigenvalue weighted by Crippen LogP contribution is -2.41. The lowest BCUT2D eigenvalue weighted by molar-refractivity contribution is -0.115. The van der Waals surface area contributed by atoms with Crippen LogP contribution in [-0.2, 0) is 4.79 Å². The molecule has 0 saturated heterocycles. The first kappa shape index (κ1) is 16.4. The summed E-state index contributed by atoms with van der Waals surface area (Å²) in [6.45, 7) is 1.67. The van der Waals surface area contributed by atoms with Gasteiger partial charge < -0.3 is 16.0 Å². The molecule has 8 nitrogen and oxygen atoms in total. The number of benzene rings is 1. The number of rotatable bonds is 5. The van der Waals surface area contributed by atoms with E-state index in [4.69, 9.17) is 0 Å². The van der Waals surface area contributed by atoms with E-state index in [0.29, 0.717) is 17.2 Å². The predicted molar refractivity (Wildman–Crippen MR) is 93.0 cm³/mol. The van der Waals surface area contributed by atoms with Gasteiger partial charge in [-0.25, -0.2) is 4.79 Å². The largest absolute Gasteiger partial charge is 0.329 e. The molecule has 25 heavy (non-hydrogen) atoms. The third kappa shape index (κ3) is 4.11. The van der Waals surface area contributed by atoms with Crippen molar-refractivity contribution in [1.29, 1.82) is 0 Å². The molecule has 0 aliphatic rings. The van der Waals surface area contributed by atoms with E-state index in [0.717, 1.165) is 0 Å². The summed E-state index contributed by atoms with van der Waals surface area (Å²) >= 11 is 0. The van der Waals surface area contributed by atoms with Gasteiger partial charge in [-0.15, -0.1) is 10.2 Å². The van der Waals surface area contributed by atoms with Gasteiger partial charge in [0.2, 0.25) is 5.91 Å². The third-order valence-electron chi connectivity index (χ3n) is 3.54. The summed E-state index contributed by atoms with van der Waals surface area (Å²) in [6.07, 6.45) is 1.83. The molecule has 3 amide bonds. The Kier molecular flexibility index (Phi) is 4.89. The Morgan fingerprint density at radius 3 is 2.64 bits per heavy atom. The van der Waals surface area contributed by atoms with Gasteiger partial charge in [0.15, 0.2) is 11.5 Å². The fraction of sp³-hybridized carbons (Fsp3) is 0.176. The molecule has 0 unspecified atom stereocenters. The predicted octanol–water partition coefficient (Wildman–Crippen LogP) is 1.73. The number of nitrogens with zero attached hydrogens (tertiary/aromatic N) is 3. The molecule has 0 bridgehead atoms. The van der Waals surface area contributed by atoms with Crippen LogP contribution < -0.4 is 16.0 Å². The fourth-order valence-corrected chi connectivity index (χ4v) is 2.35. The highest BCUT2D eigenvalue weighted by atomic mass is 16.2. The molecular weight excluding hydrogens is 320 g/mol. The zero-order valence-electron chi connectivity index (χ0n) is 13.6. The fourth-order valence-electron chi connectivity index (χ4n) is 2.35. The van der Waals surface area contributed by atoms with Crippen LogP contribution in [0.4, 0.5) is 10.5 Å². The minimum atomic E-state index is -0.455. The Hall–Kier alpha value is -3.42. The van der Waals surface area contributed by atoms with Crippen LogP contribution in [0.3, 0.4) is 0 Å². The van der Waals surface area contributed by atoms with Gasteiger partial charge in [-0.1, -0.05) is 24.3 Å². The van der Waals surface area contributed by atoms with Gasteiger partial charge in [0, 0.05) is 11.9 Å². The van der Waals surface area contributed by atoms with Crippen LogP contribution in [0.5, 0.6) is 0 Å². The second kappa shape index (κ2) is 7.43. The third-order valence-corrected chi connectivity index (χ3v) is 3.54. The summed E-state index contributed by atoms with van der Waals surface area (Å²) in [7, 11) is 0. The first-order valence-corrected chi connectivity index (χ1v) is 7.82. The van der Waals surface area contributed by atoms with Crippen LogP contribution in [0.2, 0.25) is 0 Å². The van der Waals surface area contributed by atoms with Gasteiger partial charge in [-0.2, -0.15) is 0 Å². The summed E-state index contributed by atoms with van der Waals surface area (Å²) < 4.78 is 1.80. The molecule has 128 valence electrons. The Morgan fingerprint density at radius 1 is 1.08 bits per heavy atom. The molecule has 0 radical (unpaired) electrons. The molecular formula is C17H18N6O2. The van der Waals surface area contributed by atoms with Crippen molar-refractivity contribution in [3.05, 3.63) is 60.6 Å². The summed E-state index contributed by atoms with van der Waals surface area (Å²) in [5.41, 5.74) is 1.38. The minimum Gasteiger partial charge on any atom is -0.329 e. The van der Waals surface area contributed by atoms with Crippen molar-refractivity contribution in [3.8, 4) is 0 Å². The van der Waals surface area contributed by atoms with Crippen molar-refractivity contribution in [2.75, 3.05) is 11.9 Å². The zero-order chi connectivity index (χ0) is 17.6. The molecule has 2 aromatic heterocycles. The number of hydrogen-bond acceptors (Lipinski definition) is 4. The number of hydrogen-bond donors (Lipinski definition) is 3. The number of aromatic nitrogens is 3. The van der Waals surface area contributed by atoms with Crippen molar-refractivity contribution in [2.24, 2.45) is 0 Å². The van der Waals surface area contributed by atoms with E-state index < -0.39 is 6.03 Å². The van der Waals surface area contributed by atoms with Crippen LogP contribution in [0.25, 0.3) is 5.65 Å². The highest BCUT2D eigenvalue weighted by molar-refractivity contribution is 5.94. The van der Waals surface area contributed by atoms with Gasteiger partial charge in [0.05, 0.1) is 12.6 Å². The Bertz CT molecular complexity index is 877. The van der Waals surface area contributed by atoms with Crippen molar-refractivity contribution in [2.45, 2.75) is 13.0 Å². The van der Waals surface area contributed by atoms with Crippen LogP contribution in [0.1, 0.15) is 18.8 Å². The van der Waals surface area contributed by atoms with Crippen LogP contribution >= 0.6 is 0 Å². The van der Waals surface area contributed by atoms with Gasteiger partial charge in [0.1, 0.15) is 0 Å². The molecule has 0 fully saturated rings. The Labute approximate surface area is 144 Å². The van der Waals surface area contributed by atoms with E-state index in [1.54, 1.807) is 23.5 Å². The molecule has 0 spiro atoms. The molecule has 3 N–H and O–H groups in total. The summed E-state index contributed by atoms with van der Waals surface area (Å²) in [6, 6.07) is 13.8. The maximum Gasteiger partial charge on any atom is 0.315 e. The number of amides is 3. The molecule has 0 aliphatic heterocycles. The maximum absolute atomic E-state index is 12.0. The monoisotopic (exact) mass is 338 g/mol. The first-order chi connectivity index (χ1) is 12.1. The molecule has 1 aromatic carbocycles. The van der Waals surface area contributed by atoms with E-state index in [-0.39, 0.29) is 18.5 Å². The van der Waals surface area contributed by atoms with Crippen molar-refractivity contribution >= 4 is 23.3 Å². The topological polar surface area (TPSA) is 100 Å². The highest BCUT2D eigenvalue weighted by Crippen LogP contribution is 2.11. The maximum atomic E-state index is 12.0. The Balaban J connectivity index is 1.51. The van der Waals surface area contributed by atoms with Crippen LogP contribution in [-0.4, -0.2) is 33.1 Å². The van der Waals surface area contributed by atoms with Crippen molar-refractivity contribution < 1.29 is 9.59 Å². The second-order valence-electron chi connectivity index (χ2n) is 5.45. The van der Waals surface area contributed by atoms with Gasteiger partial charge in [0.25, 0.3) is 0 Å². The SMILES string of the molecule is C[C@H](NC(=O)NCC(=O)Nc1ccccc1)c1nnc2ccccn12. The first-order valence-electron chi connectivity index (χ1n) is 7.82. The zero-order valence-corrected chi connectivity index (χ0v) is 13.6. The Morgan fingerprint density at radius 2 is 1.84 bits per heavy atom. The average Bonchev–Trinajstić information content (AvgIpc) is 3.05. The van der Waals surface area contributed by atoms with E-state index in [1.165, 1.54) is 0 Å². The van der Waals surface area contributed by atoms with Gasteiger partial charge >= 0.3 is 6.03 Å². The number of fused-ring (bicyclic) bond motifs is 1. The van der Waals surface area contributed by atoms with E-state index in [1.807, 2.05) is 42.6 Å². The lowest BCUT2D eigenvalue weighted by Gasteiger charge is -2.13. The number of carbonyl (C=O) groups is 2. The molecule has 0 saturated carbocycles. The van der Waals surface area contributed by atoms with E-state index >= 15 is 0 Å². The average molecular weight is 338 g/mol. The molecule has 8 heteroatoms. The summed E-state index contributed by atoms with van der Waals surface area (Å²) in [5, 5.41) is 16.1. The van der Waals surface area contributed by atoms with Gasteiger partial charge in [-0.3, -0.25) is 9.20 Å². The number of para-hydroxylation sites is 1. The van der Waals surface area contributed by atoms with E-state index in [2.05, 4.69) is 26.1 Å². The molecule has 3 aromatic rings. The molecule has 1 atom stereocenters. The van der Waals surface area contributed by atoms with E-state index in [9.17, 15) is 9.59 Å². The quantitative estimate of drug-likeness (QED) is 0.659. The van der Waals surface area contributed by atoms with Crippen LogP contribution in [0, 0.1) is 0 Å². The van der Waals surface area contributed by atoms with Crippen LogP contribution in [0.15, 0.2) is 54.7 Å².